The Morgan fingerprint density at radius 2 is 1.74 bits per heavy atom. The average Bonchev–Trinajstić information content (AvgIpc) is 3.72. The molecule has 2 aliphatic heterocycles. The van der Waals surface area contributed by atoms with E-state index in [4.69, 9.17) is 9.47 Å². The molecule has 2 aromatic heterocycles. The molecule has 0 radical (unpaired) electrons. The van der Waals surface area contributed by atoms with E-state index in [2.05, 4.69) is 62.4 Å². The van der Waals surface area contributed by atoms with Gasteiger partial charge in [-0.2, -0.15) is 0 Å². The van der Waals surface area contributed by atoms with Gasteiger partial charge in [-0.25, -0.2) is 4.68 Å². The minimum absolute atomic E-state index is 0.135. The highest BCUT2D eigenvalue weighted by atomic mass is 16.7. The van der Waals surface area contributed by atoms with Crippen LogP contribution in [0.3, 0.4) is 0 Å². The zero-order valence-electron chi connectivity index (χ0n) is 22.4. The number of benzene rings is 2. The van der Waals surface area contributed by atoms with Gasteiger partial charge in [-0.1, -0.05) is 25.0 Å². The summed E-state index contributed by atoms with van der Waals surface area (Å²) in [5.41, 5.74) is 5.05. The lowest BCUT2D eigenvalue weighted by Gasteiger charge is -2.40. The Balaban J connectivity index is 1.28. The lowest BCUT2D eigenvalue weighted by Crippen LogP contribution is -2.49. The SMILES string of the molecule is Cc1ccc(C)c(N2CCN([C@@H](c3cc4cc5c(cc4[nH]c3=O)OCO5)c3nnnn3C3CCCC3)CC2)c1. The number of aromatic nitrogens is 5. The molecule has 2 fully saturated rings. The number of H-pyrrole nitrogens is 1. The Hall–Kier alpha value is -3.92. The highest BCUT2D eigenvalue weighted by molar-refractivity contribution is 5.83. The van der Waals surface area contributed by atoms with E-state index < -0.39 is 0 Å². The molecular weight excluding hydrogens is 494 g/mol. The van der Waals surface area contributed by atoms with Gasteiger partial charge in [0.2, 0.25) is 6.79 Å². The number of nitrogens with one attached hydrogen (secondary N) is 1. The van der Waals surface area contributed by atoms with Crippen LogP contribution >= 0.6 is 0 Å². The molecule has 4 aromatic rings. The van der Waals surface area contributed by atoms with Gasteiger partial charge in [-0.05, 0) is 66.4 Å². The molecule has 1 atom stereocenters. The van der Waals surface area contributed by atoms with Gasteiger partial charge < -0.3 is 19.4 Å². The number of hydrogen-bond donors (Lipinski definition) is 1. The fraction of sp³-hybridized carbons (Fsp3) is 0.448. The van der Waals surface area contributed by atoms with E-state index in [1.54, 1.807) is 0 Å². The summed E-state index contributed by atoms with van der Waals surface area (Å²) < 4.78 is 13.1. The highest BCUT2D eigenvalue weighted by Crippen LogP contribution is 2.38. The van der Waals surface area contributed by atoms with Gasteiger partial charge in [0.1, 0.15) is 6.04 Å². The predicted octanol–water partition coefficient (Wildman–Crippen LogP) is 3.89. The summed E-state index contributed by atoms with van der Waals surface area (Å²) in [5, 5.41) is 14.0. The van der Waals surface area contributed by atoms with Gasteiger partial charge in [0.25, 0.3) is 5.56 Å². The third-order valence-corrected chi connectivity index (χ3v) is 8.48. The van der Waals surface area contributed by atoms with Crippen molar-refractivity contribution in [3.63, 3.8) is 0 Å². The molecule has 10 heteroatoms. The van der Waals surface area contributed by atoms with E-state index in [1.165, 1.54) is 29.7 Å². The van der Waals surface area contributed by atoms with Crippen molar-refractivity contribution in [3.05, 3.63) is 69.3 Å². The number of aryl methyl sites for hydroxylation is 2. The molecule has 0 spiro atoms. The maximum Gasteiger partial charge on any atom is 0.253 e. The quantitative estimate of drug-likeness (QED) is 0.417. The Kier molecular flexibility index (Phi) is 5.99. The lowest BCUT2D eigenvalue weighted by atomic mass is 10.0. The smallest absolute Gasteiger partial charge is 0.253 e. The number of rotatable bonds is 5. The molecule has 202 valence electrons. The van der Waals surface area contributed by atoms with Crippen LogP contribution in [0.25, 0.3) is 10.9 Å². The Bertz CT molecular complexity index is 1580. The second-order valence-electron chi connectivity index (χ2n) is 11.0. The summed E-state index contributed by atoms with van der Waals surface area (Å²) in [6, 6.07) is 12.3. The number of nitrogens with zero attached hydrogens (tertiary/aromatic N) is 6. The summed E-state index contributed by atoms with van der Waals surface area (Å²) >= 11 is 0. The molecule has 10 nitrogen and oxygen atoms in total. The first kappa shape index (κ1) is 24.1. The normalized spacial score (nSPS) is 18.8. The topological polar surface area (TPSA) is 101 Å². The number of hydrogen-bond acceptors (Lipinski definition) is 8. The number of ether oxygens (including phenoxy) is 2. The van der Waals surface area contributed by atoms with E-state index >= 15 is 0 Å². The molecule has 1 saturated carbocycles. The molecular formula is C29H33N7O3. The van der Waals surface area contributed by atoms with Crippen molar-refractivity contribution in [1.29, 1.82) is 0 Å². The van der Waals surface area contributed by atoms with E-state index in [0.717, 1.165) is 55.7 Å². The van der Waals surface area contributed by atoms with Crippen LogP contribution in [0.1, 0.15) is 60.3 Å². The van der Waals surface area contributed by atoms with Crippen LogP contribution in [-0.2, 0) is 0 Å². The fourth-order valence-corrected chi connectivity index (χ4v) is 6.39. The third kappa shape index (κ3) is 4.32. The second kappa shape index (κ2) is 9.68. The Morgan fingerprint density at radius 1 is 0.974 bits per heavy atom. The number of pyridine rings is 1. The second-order valence-corrected chi connectivity index (χ2v) is 11.0. The first-order valence-electron chi connectivity index (χ1n) is 13.9. The molecule has 2 aromatic carbocycles. The van der Waals surface area contributed by atoms with Crippen LogP contribution in [0.2, 0.25) is 0 Å². The molecule has 3 aliphatic rings. The Morgan fingerprint density at radius 3 is 2.54 bits per heavy atom. The molecule has 4 heterocycles. The van der Waals surface area contributed by atoms with Crippen LogP contribution in [0.4, 0.5) is 5.69 Å². The summed E-state index contributed by atoms with van der Waals surface area (Å²) in [6.07, 6.45) is 4.46. The van der Waals surface area contributed by atoms with Gasteiger partial charge in [0.05, 0.1) is 11.6 Å². The zero-order valence-corrected chi connectivity index (χ0v) is 22.4. The maximum atomic E-state index is 13.7. The van der Waals surface area contributed by atoms with Gasteiger partial charge in [0, 0.05) is 48.9 Å². The number of tetrazole rings is 1. The van der Waals surface area contributed by atoms with Crippen LogP contribution < -0.4 is 19.9 Å². The van der Waals surface area contributed by atoms with Crippen molar-refractivity contribution in [3.8, 4) is 11.5 Å². The maximum absolute atomic E-state index is 13.7. The number of piperazine rings is 1. The summed E-state index contributed by atoms with van der Waals surface area (Å²) in [7, 11) is 0. The minimum Gasteiger partial charge on any atom is -0.454 e. The van der Waals surface area contributed by atoms with Crippen LogP contribution in [0.15, 0.2) is 41.2 Å². The predicted molar refractivity (Wildman–Crippen MR) is 148 cm³/mol. The van der Waals surface area contributed by atoms with Crippen molar-refractivity contribution in [2.75, 3.05) is 37.9 Å². The first-order valence-corrected chi connectivity index (χ1v) is 13.9. The van der Waals surface area contributed by atoms with Gasteiger partial charge >= 0.3 is 0 Å². The van der Waals surface area contributed by atoms with Gasteiger partial charge in [-0.3, -0.25) is 9.69 Å². The summed E-state index contributed by atoms with van der Waals surface area (Å²) in [4.78, 5) is 21.6. The highest BCUT2D eigenvalue weighted by Gasteiger charge is 2.35. The Labute approximate surface area is 226 Å². The third-order valence-electron chi connectivity index (χ3n) is 8.48. The van der Waals surface area contributed by atoms with E-state index in [0.29, 0.717) is 17.1 Å². The number of aromatic amines is 1. The van der Waals surface area contributed by atoms with Gasteiger partial charge in [0.15, 0.2) is 17.3 Å². The molecule has 39 heavy (non-hydrogen) atoms. The molecule has 0 bridgehead atoms. The lowest BCUT2D eigenvalue weighted by molar-refractivity contribution is 0.174. The van der Waals surface area contributed by atoms with Crippen LogP contribution in [0.5, 0.6) is 11.5 Å². The van der Waals surface area contributed by atoms with Gasteiger partial charge in [-0.15, -0.1) is 5.10 Å². The molecule has 0 unspecified atom stereocenters. The summed E-state index contributed by atoms with van der Waals surface area (Å²) in [5.74, 6) is 2.08. The monoisotopic (exact) mass is 527 g/mol. The van der Waals surface area contributed by atoms with Crippen LogP contribution in [-0.4, -0.2) is 63.1 Å². The minimum atomic E-state index is -0.361. The average molecular weight is 528 g/mol. The molecule has 1 saturated heterocycles. The van der Waals surface area contributed by atoms with Crippen molar-refractivity contribution in [2.45, 2.75) is 51.6 Å². The standard InChI is InChI=1S/C29H33N7O3/c1-18-7-8-19(2)24(13-18)34-9-11-35(12-10-34)27(28-31-32-33-36(28)21-5-3-4-6-21)22-14-20-15-25-26(39-17-38-25)16-23(20)30-29(22)37/h7-8,13-16,21,27H,3-6,9-12,17H2,1-2H3,(H,30,37)/t27-/m0/s1. The number of anilines is 1. The molecule has 0 amide bonds. The zero-order chi connectivity index (χ0) is 26.5. The number of fused-ring (bicyclic) bond motifs is 2. The van der Waals surface area contributed by atoms with Crippen molar-refractivity contribution < 1.29 is 9.47 Å². The largest absolute Gasteiger partial charge is 0.454 e. The molecule has 1 N–H and O–H groups in total. The fourth-order valence-electron chi connectivity index (χ4n) is 6.39. The van der Waals surface area contributed by atoms with Crippen molar-refractivity contribution in [2.24, 2.45) is 0 Å². The molecule has 1 aliphatic carbocycles. The molecule has 7 rings (SSSR count). The van der Waals surface area contributed by atoms with E-state index in [-0.39, 0.29) is 24.4 Å². The van der Waals surface area contributed by atoms with Crippen LogP contribution in [0, 0.1) is 13.8 Å². The van der Waals surface area contributed by atoms with Crippen molar-refractivity contribution >= 4 is 16.6 Å². The van der Waals surface area contributed by atoms with Crippen molar-refractivity contribution in [1.82, 2.24) is 30.1 Å². The first-order chi connectivity index (χ1) is 19.0. The van der Waals surface area contributed by atoms with E-state index in [9.17, 15) is 4.79 Å². The summed E-state index contributed by atoms with van der Waals surface area (Å²) in [6.45, 7) is 7.77. The van der Waals surface area contributed by atoms with E-state index in [1.807, 2.05) is 22.9 Å².